The van der Waals surface area contributed by atoms with Crippen molar-refractivity contribution >= 4 is 6.03 Å². The fourth-order valence-corrected chi connectivity index (χ4v) is 1.29. The smallest absolute Gasteiger partial charge is 0.318 e. The van der Waals surface area contributed by atoms with Gasteiger partial charge in [-0.3, -0.25) is 0 Å². The standard InChI is InChI=1S/C8H17N3O/c1-6(2)7(9)11-5-3-4-10-8(11)12/h6-7H,3-5,9H2,1-2H3,(H,10,12). The summed E-state index contributed by atoms with van der Waals surface area (Å²) in [5.41, 5.74) is 5.85. The van der Waals surface area contributed by atoms with Crippen molar-refractivity contribution in [2.75, 3.05) is 13.1 Å². The molecule has 0 aromatic carbocycles. The number of nitrogens with zero attached hydrogens (tertiary/aromatic N) is 1. The van der Waals surface area contributed by atoms with Crippen molar-refractivity contribution in [1.82, 2.24) is 10.2 Å². The third-order valence-corrected chi connectivity index (χ3v) is 2.16. The fraction of sp³-hybridized carbons (Fsp3) is 0.875. The average Bonchev–Trinajstić information content (AvgIpc) is 2.04. The number of amides is 2. The molecule has 70 valence electrons. The van der Waals surface area contributed by atoms with E-state index in [-0.39, 0.29) is 12.2 Å². The average molecular weight is 171 g/mol. The Morgan fingerprint density at radius 2 is 2.25 bits per heavy atom. The van der Waals surface area contributed by atoms with Crippen molar-refractivity contribution in [3.05, 3.63) is 0 Å². The SMILES string of the molecule is CC(C)C(N)N1CCCNC1=O. The van der Waals surface area contributed by atoms with Gasteiger partial charge in [0.05, 0.1) is 6.17 Å². The number of nitrogens with two attached hydrogens (primary N) is 1. The third-order valence-electron chi connectivity index (χ3n) is 2.16. The first-order valence-corrected chi connectivity index (χ1v) is 4.43. The monoisotopic (exact) mass is 171 g/mol. The molecule has 0 saturated carbocycles. The van der Waals surface area contributed by atoms with Crippen LogP contribution in [-0.2, 0) is 0 Å². The summed E-state index contributed by atoms with van der Waals surface area (Å²) < 4.78 is 0. The van der Waals surface area contributed by atoms with Gasteiger partial charge in [0, 0.05) is 13.1 Å². The van der Waals surface area contributed by atoms with Crippen LogP contribution in [-0.4, -0.2) is 30.2 Å². The molecular weight excluding hydrogens is 154 g/mol. The second-order valence-corrected chi connectivity index (χ2v) is 3.51. The quantitative estimate of drug-likeness (QED) is 0.629. The fourth-order valence-electron chi connectivity index (χ4n) is 1.29. The number of hydrogen-bond donors (Lipinski definition) is 2. The van der Waals surface area contributed by atoms with Crippen LogP contribution in [0.25, 0.3) is 0 Å². The lowest BCUT2D eigenvalue weighted by Gasteiger charge is -2.34. The Labute approximate surface area is 73.1 Å². The molecule has 1 aliphatic rings. The van der Waals surface area contributed by atoms with Crippen LogP contribution < -0.4 is 11.1 Å². The lowest BCUT2D eigenvalue weighted by Crippen LogP contribution is -2.56. The molecule has 1 atom stereocenters. The van der Waals surface area contributed by atoms with Crippen LogP contribution in [0, 0.1) is 5.92 Å². The summed E-state index contributed by atoms with van der Waals surface area (Å²) in [4.78, 5) is 13.0. The minimum atomic E-state index is -0.148. The molecule has 1 aliphatic heterocycles. The lowest BCUT2D eigenvalue weighted by molar-refractivity contribution is 0.144. The first-order chi connectivity index (χ1) is 5.63. The maximum Gasteiger partial charge on any atom is 0.318 e. The highest BCUT2D eigenvalue weighted by molar-refractivity contribution is 5.75. The van der Waals surface area contributed by atoms with Crippen LogP contribution >= 0.6 is 0 Å². The maximum absolute atomic E-state index is 11.3. The summed E-state index contributed by atoms with van der Waals surface area (Å²) in [5, 5.41) is 2.77. The zero-order valence-corrected chi connectivity index (χ0v) is 7.71. The van der Waals surface area contributed by atoms with Crippen LogP contribution in [0.5, 0.6) is 0 Å². The number of urea groups is 1. The van der Waals surface area contributed by atoms with Crippen LogP contribution in [0.3, 0.4) is 0 Å². The van der Waals surface area contributed by atoms with Crippen LogP contribution in [0.2, 0.25) is 0 Å². The molecule has 4 heteroatoms. The maximum atomic E-state index is 11.3. The molecule has 2 amide bonds. The number of carbonyl (C=O) groups is 1. The zero-order chi connectivity index (χ0) is 9.14. The highest BCUT2D eigenvalue weighted by Crippen LogP contribution is 2.08. The van der Waals surface area contributed by atoms with E-state index < -0.39 is 0 Å². The molecule has 0 radical (unpaired) electrons. The van der Waals surface area contributed by atoms with Gasteiger partial charge < -0.3 is 16.0 Å². The van der Waals surface area contributed by atoms with Crippen LogP contribution in [0.1, 0.15) is 20.3 Å². The van der Waals surface area contributed by atoms with Crippen molar-refractivity contribution in [1.29, 1.82) is 0 Å². The number of hydrogen-bond acceptors (Lipinski definition) is 2. The van der Waals surface area contributed by atoms with E-state index in [1.165, 1.54) is 0 Å². The molecule has 4 nitrogen and oxygen atoms in total. The first kappa shape index (κ1) is 9.32. The van der Waals surface area contributed by atoms with E-state index in [2.05, 4.69) is 5.32 Å². The molecule has 0 aromatic heterocycles. The Kier molecular flexibility index (Phi) is 2.92. The van der Waals surface area contributed by atoms with Gasteiger partial charge in [-0.1, -0.05) is 13.8 Å². The van der Waals surface area contributed by atoms with E-state index >= 15 is 0 Å². The van der Waals surface area contributed by atoms with Gasteiger partial charge in [-0.05, 0) is 12.3 Å². The lowest BCUT2D eigenvalue weighted by atomic mass is 10.1. The molecule has 0 spiro atoms. The Balaban J connectivity index is 2.53. The summed E-state index contributed by atoms with van der Waals surface area (Å²) in [5.74, 6) is 0.314. The van der Waals surface area contributed by atoms with Gasteiger partial charge >= 0.3 is 6.03 Å². The van der Waals surface area contributed by atoms with Gasteiger partial charge in [-0.2, -0.15) is 0 Å². The summed E-state index contributed by atoms with van der Waals surface area (Å²) in [7, 11) is 0. The van der Waals surface area contributed by atoms with Gasteiger partial charge in [0.2, 0.25) is 0 Å². The molecule has 1 fully saturated rings. The minimum absolute atomic E-state index is 0.0255. The highest BCUT2D eigenvalue weighted by Gasteiger charge is 2.24. The minimum Gasteiger partial charge on any atom is -0.338 e. The number of carbonyl (C=O) groups excluding carboxylic acids is 1. The van der Waals surface area contributed by atoms with Crippen LogP contribution in [0.15, 0.2) is 0 Å². The first-order valence-electron chi connectivity index (χ1n) is 4.43. The summed E-state index contributed by atoms with van der Waals surface area (Å²) in [6, 6.07) is -0.0255. The zero-order valence-electron chi connectivity index (χ0n) is 7.71. The number of rotatable bonds is 2. The topological polar surface area (TPSA) is 58.4 Å². The van der Waals surface area contributed by atoms with Gasteiger partial charge in [-0.15, -0.1) is 0 Å². The second kappa shape index (κ2) is 3.76. The van der Waals surface area contributed by atoms with E-state index in [1.54, 1.807) is 4.90 Å². The molecule has 0 bridgehead atoms. The van der Waals surface area contributed by atoms with Crippen LogP contribution in [0.4, 0.5) is 4.79 Å². The Bertz CT molecular complexity index is 170. The van der Waals surface area contributed by atoms with Gasteiger partial charge in [0.15, 0.2) is 0 Å². The van der Waals surface area contributed by atoms with Crippen molar-refractivity contribution in [2.24, 2.45) is 11.7 Å². The molecular formula is C8H17N3O. The number of nitrogens with one attached hydrogen (secondary N) is 1. The molecule has 1 unspecified atom stereocenters. The Hall–Kier alpha value is -0.770. The van der Waals surface area contributed by atoms with Gasteiger partial charge in [0.25, 0.3) is 0 Å². The molecule has 1 rings (SSSR count). The van der Waals surface area contributed by atoms with E-state index in [0.717, 1.165) is 19.5 Å². The summed E-state index contributed by atoms with van der Waals surface area (Å²) >= 11 is 0. The molecule has 0 aliphatic carbocycles. The largest absolute Gasteiger partial charge is 0.338 e. The van der Waals surface area contributed by atoms with Gasteiger partial charge in [-0.25, -0.2) is 4.79 Å². The molecule has 1 saturated heterocycles. The highest BCUT2D eigenvalue weighted by atomic mass is 16.2. The van der Waals surface area contributed by atoms with E-state index in [9.17, 15) is 4.79 Å². The molecule has 0 aromatic rings. The molecule has 3 N–H and O–H groups in total. The Morgan fingerprint density at radius 3 is 2.75 bits per heavy atom. The molecule has 1 heterocycles. The van der Waals surface area contributed by atoms with E-state index in [1.807, 2.05) is 13.8 Å². The summed E-state index contributed by atoms with van der Waals surface area (Å²) in [6.07, 6.45) is 0.844. The third kappa shape index (κ3) is 1.88. The van der Waals surface area contributed by atoms with Crippen molar-refractivity contribution in [3.63, 3.8) is 0 Å². The van der Waals surface area contributed by atoms with Crippen molar-refractivity contribution in [3.8, 4) is 0 Å². The molecule has 12 heavy (non-hydrogen) atoms. The predicted molar refractivity (Wildman–Crippen MR) is 47.5 cm³/mol. The Morgan fingerprint density at radius 1 is 1.58 bits per heavy atom. The van der Waals surface area contributed by atoms with Gasteiger partial charge in [0.1, 0.15) is 0 Å². The predicted octanol–water partition coefficient (Wildman–Crippen LogP) is 0.342. The normalized spacial score (nSPS) is 21.0. The second-order valence-electron chi connectivity index (χ2n) is 3.51. The van der Waals surface area contributed by atoms with Crippen molar-refractivity contribution in [2.45, 2.75) is 26.4 Å². The summed E-state index contributed by atoms with van der Waals surface area (Å²) in [6.45, 7) is 5.60. The van der Waals surface area contributed by atoms with Crippen molar-refractivity contribution < 1.29 is 4.79 Å². The van der Waals surface area contributed by atoms with E-state index in [4.69, 9.17) is 5.73 Å². The van der Waals surface area contributed by atoms with E-state index in [0.29, 0.717) is 5.92 Å².